The summed E-state index contributed by atoms with van der Waals surface area (Å²) in [4.78, 5) is 18.0. The van der Waals surface area contributed by atoms with E-state index in [9.17, 15) is 4.79 Å². The lowest BCUT2D eigenvalue weighted by Crippen LogP contribution is -2.41. The number of likely N-dealkylation sites (N-methyl/N-ethyl adjacent to an activating group) is 1. The maximum Gasteiger partial charge on any atom is 0.238 e. The molecule has 162 valence electrons. The van der Waals surface area contributed by atoms with E-state index < -0.39 is 0 Å². The largest absolute Gasteiger partial charge is 0.489 e. The predicted octanol–water partition coefficient (Wildman–Crippen LogP) is 2.63. The number of anilines is 1. The van der Waals surface area contributed by atoms with Crippen molar-refractivity contribution in [2.75, 3.05) is 39.5 Å². The minimum Gasteiger partial charge on any atom is -0.489 e. The summed E-state index contributed by atoms with van der Waals surface area (Å²) in [5.74, 6) is 1.55. The van der Waals surface area contributed by atoms with E-state index in [-0.39, 0.29) is 12.0 Å². The average molecular weight is 412 g/mol. The number of benzene rings is 2. The van der Waals surface area contributed by atoms with Crippen LogP contribution >= 0.6 is 0 Å². The molecule has 3 N–H and O–H groups in total. The van der Waals surface area contributed by atoms with Gasteiger partial charge in [0.15, 0.2) is 5.96 Å². The SMILES string of the molecule is CN=C(NCc1cccc(NC(=O)CN(C)C)c1)NCC(C)Oc1ccccc1C. The number of aliphatic imine (C=N–C) groups is 1. The van der Waals surface area contributed by atoms with Crippen LogP contribution in [0.3, 0.4) is 0 Å². The van der Waals surface area contributed by atoms with Crippen molar-refractivity contribution in [1.29, 1.82) is 0 Å². The summed E-state index contributed by atoms with van der Waals surface area (Å²) >= 11 is 0. The highest BCUT2D eigenvalue weighted by Crippen LogP contribution is 2.17. The quantitative estimate of drug-likeness (QED) is 0.437. The van der Waals surface area contributed by atoms with Gasteiger partial charge in [-0.2, -0.15) is 0 Å². The first kappa shape index (κ1) is 23.2. The molecule has 0 aliphatic heterocycles. The van der Waals surface area contributed by atoms with Crippen molar-refractivity contribution in [2.45, 2.75) is 26.5 Å². The summed E-state index contributed by atoms with van der Waals surface area (Å²) in [6, 6.07) is 15.8. The second kappa shape index (κ2) is 11.8. The molecular formula is C23H33N5O2. The normalized spacial score (nSPS) is 12.4. The minimum atomic E-state index is -0.0368. The Morgan fingerprint density at radius 1 is 1.13 bits per heavy atom. The van der Waals surface area contributed by atoms with Crippen LogP contribution < -0.4 is 20.7 Å². The molecule has 0 radical (unpaired) electrons. The van der Waals surface area contributed by atoms with E-state index in [0.29, 0.717) is 25.6 Å². The number of hydrogen-bond acceptors (Lipinski definition) is 4. The summed E-state index contributed by atoms with van der Waals surface area (Å²) in [5.41, 5.74) is 2.94. The fraction of sp³-hybridized carbons (Fsp3) is 0.391. The Labute approximate surface area is 179 Å². The molecule has 1 unspecified atom stereocenters. The van der Waals surface area contributed by atoms with Gasteiger partial charge in [0.1, 0.15) is 11.9 Å². The molecule has 1 atom stereocenters. The highest BCUT2D eigenvalue weighted by atomic mass is 16.5. The van der Waals surface area contributed by atoms with Crippen LogP contribution in [0.15, 0.2) is 53.5 Å². The number of nitrogens with one attached hydrogen (secondary N) is 3. The molecule has 0 bridgehead atoms. The van der Waals surface area contributed by atoms with Gasteiger partial charge in [0, 0.05) is 19.3 Å². The zero-order valence-electron chi connectivity index (χ0n) is 18.5. The van der Waals surface area contributed by atoms with Gasteiger partial charge in [0.25, 0.3) is 0 Å². The molecule has 0 saturated heterocycles. The van der Waals surface area contributed by atoms with Crippen molar-refractivity contribution in [3.8, 4) is 5.75 Å². The summed E-state index contributed by atoms with van der Waals surface area (Å²) in [6.07, 6.45) is -0.0140. The third-order valence-corrected chi connectivity index (χ3v) is 4.33. The molecule has 7 heteroatoms. The lowest BCUT2D eigenvalue weighted by atomic mass is 10.2. The van der Waals surface area contributed by atoms with Gasteiger partial charge in [-0.3, -0.25) is 9.79 Å². The van der Waals surface area contributed by atoms with Gasteiger partial charge in [0.2, 0.25) is 5.91 Å². The molecule has 0 saturated carbocycles. The first-order valence-electron chi connectivity index (χ1n) is 10.1. The van der Waals surface area contributed by atoms with Crippen LogP contribution in [0, 0.1) is 6.92 Å². The minimum absolute atomic E-state index is 0.0140. The van der Waals surface area contributed by atoms with Gasteiger partial charge in [-0.05, 0) is 57.3 Å². The Morgan fingerprint density at radius 2 is 1.90 bits per heavy atom. The van der Waals surface area contributed by atoms with Gasteiger partial charge in [0.05, 0.1) is 13.1 Å². The summed E-state index contributed by atoms with van der Waals surface area (Å²) < 4.78 is 5.99. The van der Waals surface area contributed by atoms with Crippen molar-refractivity contribution in [2.24, 2.45) is 4.99 Å². The molecule has 2 aromatic carbocycles. The molecule has 0 aliphatic carbocycles. The van der Waals surface area contributed by atoms with Gasteiger partial charge in [-0.15, -0.1) is 0 Å². The van der Waals surface area contributed by atoms with Crippen LogP contribution in [0.1, 0.15) is 18.1 Å². The van der Waals surface area contributed by atoms with Crippen LogP contribution in [0.25, 0.3) is 0 Å². The van der Waals surface area contributed by atoms with E-state index in [1.807, 2.05) is 81.4 Å². The van der Waals surface area contributed by atoms with Crippen LogP contribution in [0.5, 0.6) is 5.75 Å². The van der Waals surface area contributed by atoms with Crippen molar-refractivity contribution in [1.82, 2.24) is 15.5 Å². The molecule has 0 spiro atoms. The van der Waals surface area contributed by atoms with E-state index in [1.54, 1.807) is 7.05 Å². The van der Waals surface area contributed by atoms with Crippen LogP contribution in [-0.2, 0) is 11.3 Å². The number of hydrogen-bond donors (Lipinski definition) is 3. The van der Waals surface area contributed by atoms with Crippen molar-refractivity contribution in [3.05, 3.63) is 59.7 Å². The number of nitrogens with zero attached hydrogens (tertiary/aromatic N) is 2. The number of aryl methyl sites for hydroxylation is 1. The van der Waals surface area contributed by atoms with Gasteiger partial charge in [-0.1, -0.05) is 30.3 Å². The van der Waals surface area contributed by atoms with Crippen LogP contribution in [0.4, 0.5) is 5.69 Å². The second-order valence-corrected chi connectivity index (χ2v) is 7.49. The molecule has 0 fully saturated rings. The molecule has 7 nitrogen and oxygen atoms in total. The third-order valence-electron chi connectivity index (χ3n) is 4.33. The molecule has 30 heavy (non-hydrogen) atoms. The summed E-state index contributed by atoms with van der Waals surface area (Å²) in [5, 5.41) is 9.49. The number of para-hydroxylation sites is 1. The monoisotopic (exact) mass is 411 g/mol. The van der Waals surface area contributed by atoms with Gasteiger partial charge >= 0.3 is 0 Å². The number of rotatable bonds is 9. The van der Waals surface area contributed by atoms with Gasteiger partial charge < -0.3 is 25.6 Å². The fourth-order valence-corrected chi connectivity index (χ4v) is 2.84. The number of carbonyl (C=O) groups excluding carboxylic acids is 1. The molecule has 0 heterocycles. The van der Waals surface area contributed by atoms with Crippen molar-refractivity contribution < 1.29 is 9.53 Å². The maximum atomic E-state index is 11.9. The number of amides is 1. The molecular weight excluding hydrogens is 378 g/mol. The Hall–Kier alpha value is -3.06. The highest BCUT2D eigenvalue weighted by molar-refractivity contribution is 5.92. The summed E-state index contributed by atoms with van der Waals surface area (Å²) in [7, 11) is 5.47. The average Bonchev–Trinajstić information content (AvgIpc) is 2.69. The number of ether oxygens (including phenoxy) is 1. The van der Waals surface area contributed by atoms with Crippen LogP contribution in [0.2, 0.25) is 0 Å². The van der Waals surface area contributed by atoms with E-state index in [4.69, 9.17) is 4.74 Å². The zero-order valence-corrected chi connectivity index (χ0v) is 18.5. The third kappa shape index (κ3) is 8.13. The highest BCUT2D eigenvalue weighted by Gasteiger charge is 2.08. The Bertz CT molecular complexity index is 851. The molecule has 1 amide bonds. The molecule has 0 aliphatic rings. The number of carbonyl (C=O) groups is 1. The Morgan fingerprint density at radius 3 is 2.60 bits per heavy atom. The van der Waals surface area contributed by atoms with Crippen molar-refractivity contribution >= 4 is 17.6 Å². The fourth-order valence-electron chi connectivity index (χ4n) is 2.84. The van der Waals surface area contributed by atoms with E-state index in [0.717, 1.165) is 22.6 Å². The second-order valence-electron chi connectivity index (χ2n) is 7.49. The topological polar surface area (TPSA) is 78.0 Å². The lowest BCUT2D eigenvalue weighted by Gasteiger charge is -2.19. The number of guanidine groups is 1. The maximum absolute atomic E-state index is 11.9. The Kier molecular flexibility index (Phi) is 9.15. The molecule has 0 aromatic heterocycles. The van der Waals surface area contributed by atoms with Crippen molar-refractivity contribution in [3.63, 3.8) is 0 Å². The summed E-state index contributed by atoms with van der Waals surface area (Å²) in [6.45, 7) is 5.61. The lowest BCUT2D eigenvalue weighted by molar-refractivity contribution is -0.116. The smallest absolute Gasteiger partial charge is 0.238 e. The first-order valence-corrected chi connectivity index (χ1v) is 10.1. The predicted molar refractivity (Wildman–Crippen MR) is 123 cm³/mol. The van der Waals surface area contributed by atoms with Crippen LogP contribution in [-0.4, -0.2) is 57.1 Å². The standard InChI is InChI=1S/C23H33N5O2/c1-17-9-6-7-12-21(17)30-18(2)14-25-23(24-3)26-15-19-10-8-11-20(13-19)27-22(29)16-28(4)5/h6-13,18H,14-16H2,1-5H3,(H,27,29)(H2,24,25,26). The first-order chi connectivity index (χ1) is 14.4. The van der Waals surface area contributed by atoms with E-state index in [1.165, 1.54) is 0 Å². The van der Waals surface area contributed by atoms with E-state index in [2.05, 4.69) is 20.9 Å². The molecule has 2 rings (SSSR count). The zero-order chi connectivity index (χ0) is 21.9. The van der Waals surface area contributed by atoms with E-state index >= 15 is 0 Å². The van der Waals surface area contributed by atoms with Gasteiger partial charge in [-0.25, -0.2) is 0 Å². The Balaban J connectivity index is 1.82. The molecule has 2 aromatic rings.